The first kappa shape index (κ1) is 11.8. The van der Waals surface area contributed by atoms with E-state index in [1.165, 1.54) is 43.1 Å². The molecule has 0 radical (unpaired) electrons. The number of ether oxygens (including phenoxy) is 1. The third kappa shape index (κ3) is 1.38. The average molecular weight is 282 g/mol. The van der Waals surface area contributed by atoms with Gasteiger partial charge in [0.2, 0.25) is 0 Å². The normalized spacial score (nSPS) is 11.9. The van der Waals surface area contributed by atoms with Gasteiger partial charge in [0, 0.05) is 10.8 Å². The van der Waals surface area contributed by atoms with Crippen molar-refractivity contribution in [3.63, 3.8) is 0 Å². The molecule has 5 rings (SSSR count). The van der Waals surface area contributed by atoms with Crippen molar-refractivity contribution >= 4 is 43.1 Å². The van der Waals surface area contributed by atoms with Crippen LogP contribution in [0.15, 0.2) is 66.7 Å². The first-order chi connectivity index (χ1) is 10.9. The predicted molar refractivity (Wildman–Crippen MR) is 94.2 cm³/mol. The standard InChI is InChI=1S/C21H14O/c1-22-19-11-8-13-6-7-15-12-14-4-2-3-5-16(14)17-9-10-18(19)20(13)21(15)17/h2-12H,1H3. The lowest BCUT2D eigenvalue weighted by Gasteiger charge is -2.14. The SMILES string of the molecule is COc1ccc2ccc3cc4ccccc4c4ccc1c2c34. The second-order valence-electron chi connectivity index (χ2n) is 5.79. The molecule has 0 fully saturated rings. The summed E-state index contributed by atoms with van der Waals surface area (Å²) in [6, 6.07) is 23.9. The summed E-state index contributed by atoms with van der Waals surface area (Å²) in [7, 11) is 1.74. The molecule has 0 amide bonds. The molecule has 0 N–H and O–H groups in total. The number of benzene rings is 5. The second kappa shape index (κ2) is 4.11. The molecule has 0 aliphatic heterocycles. The molecular weight excluding hydrogens is 268 g/mol. The molecule has 0 spiro atoms. The van der Waals surface area contributed by atoms with Gasteiger partial charge in [0.05, 0.1) is 7.11 Å². The molecule has 1 nitrogen and oxygen atoms in total. The van der Waals surface area contributed by atoms with Crippen LogP contribution in [0.2, 0.25) is 0 Å². The van der Waals surface area contributed by atoms with Crippen LogP contribution in [0.3, 0.4) is 0 Å². The average Bonchev–Trinajstić information content (AvgIpc) is 2.59. The maximum Gasteiger partial charge on any atom is 0.126 e. The van der Waals surface area contributed by atoms with Crippen LogP contribution in [0.4, 0.5) is 0 Å². The molecule has 5 aromatic carbocycles. The summed E-state index contributed by atoms with van der Waals surface area (Å²) in [5.41, 5.74) is 0. The summed E-state index contributed by atoms with van der Waals surface area (Å²) in [4.78, 5) is 0. The van der Waals surface area contributed by atoms with E-state index in [1.54, 1.807) is 7.11 Å². The highest BCUT2D eigenvalue weighted by atomic mass is 16.5. The molecule has 0 saturated carbocycles. The molecule has 0 aliphatic carbocycles. The summed E-state index contributed by atoms with van der Waals surface area (Å²) in [6.45, 7) is 0. The van der Waals surface area contributed by atoms with Gasteiger partial charge in [-0.1, -0.05) is 48.5 Å². The Morgan fingerprint density at radius 1 is 0.591 bits per heavy atom. The Balaban J connectivity index is 2.16. The minimum atomic E-state index is 0.940. The maximum atomic E-state index is 5.56. The number of hydrogen-bond donors (Lipinski definition) is 0. The van der Waals surface area contributed by atoms with E-state index in [0.29, 0.717) is 0 Å². The fourth-order valence-corrected chi connectivity index (χ4v) is 3.71. The van der Waals surface area contributed by atoms with Crippen LogP contribution in [0.1, 0.15) is 0 Å². The van der Waals surface area contributed by atoms with Crippen molar-refractivity contribution in [2.24, 2.45) is 0 Å². The topological polar surface area (TPSA) is 9.23 Å². The molecule has 104 valence electrons. The van der Waals surface area contributed by atoms with E-state index in [2.05, 4.69) is 66.7 Å². The summed E-state index contributed by atoms with van der Waals surface area (Å²) < 4.78 is 5.56. The Kier molecular flexibility index (Phi) is 2.21. The highest BCUT2D eigenvalue weighted by Crippen LogP contribution is 2.41. The van der Waals surface area contributed by atoms with Crippen molar-refractivity contribution in [2.75, 3.05) is 7.11 Å². The molecule has 0 bridgehead atoms. The van der Waals surface area contributed by atoms with Gasteiger partial charge in [-0.2, -0.15) is 0 Å². The molecule has 0 aliphatic rings. The Morgan fingerprint density at radius 2 is 1.32 bits per heavy atom. The van der Waals surface area contributed by atoms with Gasteiger partial charge in [0.25, 0.3) is 0 Å². The van der Waals surface area contributed by atoms with Crippen molar-refractivity contribution < 1.29 is 4.74 Å². The lowest BCUT2D eigenvalue weighted by molar-refractivity contribution is 0.420. The van der Waals surface area contributed by atoms with Gasteiger partial charge in [0.15, 0.2) is 0 Å². The van der Waals surface area contributed by atoms with Gasteiger partial charge in [-0.3, -0.25) is 0 Å². The lowest BCUT2D eigenvalue weighted by Crippen LogP contribution is -1.89. The number of hydrogen-bond acceptors (Lipinski definition) is 1. The smallest absolute Gasteiger partial charge is 0.126 e. The summed E-state index contributed by atoms with van der Waals surface area (Å²) >= 11 is 0. The number of rotatable bonds is 1. The van der Waals surface area contributed by atoms with Gasteiger partial charge in [-0.15, -0.1) is 0 Å². The highest BCUT2D eigenvalue weighted by molar-refractivity contribution is 6.29. The van der Waals surface area contributed by atoms with Crippen LogP contribution >= 0.6 is 0 Å². The van der Waals surface area contributed by atoms with E-state index >= 15 is 0 Å². The Hall–Kier alpha value is -2.80. The van der Waals surface area contributed by atoms with E-state index in [1.807, 2.05) is 0 Å². The Bertz CT molecular complexity index is 1150. The van der Waals surface area contributed by atoms with Gasteiger partial charge in [-0.25, -0.2) is 0 Å². The fraction of sp³-hybridized carbons (Fsp3) is 0.0476. The minimum absolute atomic E-state index is 0.940. The first-order valence-corrected chi connectivity index (χ1v) is 7.50. The van der Waals surface area contributed by atoms with E-state index in [-0.39, 0.29) is 0 Å². The zero-order valence-corrected chi connectivity index (χ0v) is 12.3. The summed E-state index contributed by atoms with van der Waals surface area (Å²) in [6.07, 6.45) is 0. The van der Waals surface area contributed by atoms with Crippen LogP contribution < -0.4 is 4.74 Å². The van der Waals surface area contributed by atoms with Crippen molar-refractivity contribution in [1.29, 1.82) is 0 Å². The minimum Gasteiger partial charge on any atom is -0.496 e. The second-order valence-corrected chi connectivity index (χ2v) is 5.79. The summed E-state index contributed by atoms with van der Waals surface area (Å²) in [5.74, 6) is 0.940. The van der Waals surface area contributed by atoms with Gasteiger partial charge in [0.1, 0.15) is 5.75 Å². The van der Waals surface area contributed by atoms with Crippen LogP contribution in [0.5, 0.6) is 5.75 Å². The van der Waals surface area contributed by atoms with Gasteiger partial charge < -0.3 is 4.74 Å². The van der Waals surface area contributed by atoms with E-state index < -0.39 is 0 Å². The van der Waals surface area contributed by atoms with Crippen LogP contribution in [-0.4, -0.2) is 7.11 Å². The van der Waals surface area contributed by atoms with Gasteiger partial charge in [-0.05, 0) is 50.5 Å². The molecule has 0 atom stereocenters. The monoisotopic (exact) mass is 282 g/mol. The fourth-order valence-electron chi connectivity index (χ4n) is 3.71. The van der Waals surface area contributed by atoms with Crippen molar-refractivity contribution in [1.82, 2.24) is 0 Å². The largest absolute Gasteiger partial charge is 0.496 e. The van der Waals surface area contributed by atoms with Crippen molar-refractivity contribution in [3.8, 4) is 5.75 Å². The molecule has 5 aromatic rings. The van der Waals surface area contributed by atoms with Gasteiger partial charge >= 0.3 is 0 Å². The third-order valence-electron chi connectivity index (χ3n) is 4.69. The first-order valence-electron chi connectivity index (χ1n) is 7.50. The molecule has 0 heterocycles. The number of methoxy groups -OCH3 is 1. The molecule has 1 heteroatoms. The van der Waals surface area contributed by atoms with Crippen LogP contribution in [0.25, 0.3) is 43.1 Å². The maximum absolute atomic E-state index is 5.56. The predicted octanol–water partition coefficient (Wildman–Crippen LogP) is 5.75. The Morgan fingerprint density at radius 3 is 2.23 bits per heavy atom. The quantitative estimate of drug-likeness (QED) is 0.281. The zero-order valence-electron chi connectivity index (χ0n) is 12.3. The lowest BCUT2D eigenvalue weighted by atomic mass is 9.91. The number of fused-ring (bicyclic) bond motifs is 2. The molecule has 0 saturated heterocycles. The van der Waals surface area contributed by atoms with Crippen LogP contribution in [-0.2, 0) is 0 Å². The van der Waals surface area contributed by atoms with E-state index in [4.69, 9.17) is 4.74 Å². The third-order valence-corrected chi connectivity index (χ3v) is 4.69. The zero-order chi connectivity index (χ0) is 14.7. The van der Waals surface area contributed by atoms with E-state index in [9.17, 15) is 0 Å². The Labute approximate surface area is 128 Å². The molecule has 0 unspecified atom stereocenters. The molecule has 22 heavy (non-hydrogen) atoms. The molecule has 0 aromatic heterocycles. The van der Waals surface area contributed by atoms with Crippen molar-refractivity contribution in [3.05, 3.63) is 66.7 Å². The molecular formula is C21H14O. The van der Waals surface area contributed by atoms with Crippen molar-refractivity contribution in [2.45, 2.75) is 0 Å². The van der Waals surface area contributed by atoms with Crippen LogP contribution in [0, 0.1) is 0 Å². The summed E-state index contributed by atoms with van der Waals surface area (Å²) in [5, 5.41) is 10.3. The highest BCUT2D eigenvalue weighted by Gasteiger charge is 2.12. The van der Waals surface area contributed by atoms with E-state index in [0.717, 1.165) is 5.75 Å².